The molecule has 20 heavy (non-hydrogen) atoms. The maximum absolute atomic E-state index is 12.3. The predicted molar refractivity (Wildman–Crippen MR) is 77.9 cm³/mol. The molecule has 1 aliphatic rings. The van der Waals surface area contributed by atoms with Crippen LogP contribution in [-0.2, 0) is 5.54 Å². The highest BCUT2D eigenvalue weighted by Crippen LogP contribution is 2.41. The number of carbonyl (C=O) groups is 1. The number of rotatable bonds is 3. The van der Waals surface area contributed by atoms with Gasteiger partial charge < -0.3 is 9.73 Å². The van der Waals surface area contributed by atoms with Crippen molar-refractivity contribution < 1.29 is 9.21 Å². The molecule has 0 aliphatic heterocycles. The molecule has 0 spiro atoms. The molecule has 104 valence electrons. The van der Waals surface area contributed by atoms with Crippen LogP contribution in [0.3, 0.4) is 0 Å². The lowest BCUT2D eigenvalue weighted by molar-refractivity contribution is 0.0793. The van der Waals surface area contributed by atoms with Crippen LogP contribution in [0.5, 0.6) is 0 Å². The SMILES string of the molecule is Cc1ccc(C(=O)NC2(c3ccc(Cl)cc3)CCC2)o1. The molecule has 0 radical (unpaired) electrons. The molecule has 0 atom stereocenters. The lowest BCUT2D eigenvalue weighted by Gasteiger charge is -2.43. The maximum Gasteiger partial charge on any atom is 0.287 e. The number of aryl methyl sites for hydroxylation is 1. The number of amides is 1. The molecule has 1 aliphatic carbocycles. The highest BCUT2D eigenvalue weighted by Gasteiger charge is 2.40. The Morgan fingerprint density at radius 3 is 2.40 bits per heavy atom. The van der Waals surface area contributed by atoms with Gasteiger partial charge in [0.2, 0.25) is 0 Å². The summed E-state index contributed by atoms with van der Waals surface area (Å²) in [6, 6.07) is 11.2. The summed E-state index contributed by atoms with van der Waals surface area (Å²) in [5, 5.41) is 3.82. The van der Waals surface area contributed by atoms with Crippen molar-refractivity contribution in [2.24, 2.45) is 0 Å². The van der Waals surface area contributed by atoms with Crippen LogP contribution in [0.2, 0.25) is 5.02 Å². The summed E-state index contributed by atoms with van der Waals surface area (Å²) >= 11 is 5.92. The molecule has 2 aromatic rings. The Hall–Kier alpha value is -1.74. The van der Waals surface area contributed by atoms with E-state index in [-0.39, 0.29) is 11.4 Å². The van der Waals surface area contributed by atoms with E-state index in [0.717, 1.165) is 30.6 Å². The number of hydrogen-bond acceptors (Lipinski definition) is 2. The number of nitrogens with one attached hydrogen (secondary N) is 1. The summed E-state index contributed by atoms with van der Waals surface area (Å²) < 4.78 is 5.38. The minimum Gasteiger partial charge on any atom is -0.456 e. The third-order valence-corrected chi connectivity index (χ3v) is 4.17. The van der Waals surface area contributed by atoms with Gasteiger partial charge in [0.1, 0.15) is 5.76 Å². The number of furan rings is 1. The van der Waals surface area contributed by atoms with Gasteiger partial charge in [-0.25, -0.2) is 0 Å². The molecule has 1 aromatic carbocycles. The fourth-order valence-corrected chi connectivity index (χ4v) is 2.75. The fraction of sp³-hybridized carbons (Fsp3) is 0.312. The van der Waals surface area contributed by atoms with Gasteiger partial charge in [-0.05, 0) is 56.0 Å². The minimum atomic E-state index is -0.275. The van der Waals surface area contributed by atoms with E-state index < -0.39 is 0 Å². The molecular weight excluding hydrogens is 274 g/mol. The van der Waals surface area contributed by atoms with E-state index in [1.165, 1.54) is 0 Å². The van der Waals surface area contributed by atoms with E-state index in [0.29, 0.717) is 10.8 Å². The quantitative estimate of drug-likeness (QED) is 0.926. The van der Waals surface area contributed by atoms with E-state index in [1.807, 2.05) is 31.2 Å². The zero-order valence-corrected chi connectivity index (χ0v) is 12.0. The Kier molecular flexibility index (Phi) is 3.30. The number of benzene rings is 1. The first-order chi connectivity index (χ1) is 9.59. The van der Waals surface area contributed by atoms with Gasteiger partial charge in [0.15, 0.2) is 5.76 Å². The first-order valence-electron chi connectivity index (χ1n) is 6.74. The summed E-state index contributed by atoms with van der Waals surface area (Å²) in [6.45, 7) is 1.83. The summed E-state index contributed by atoms with van der Waals surface area (Å²) in [5.41, 5.74) is 0.826. The van der Waals surface area contributed by atoms with Gasteiger partial charge >= 0.3 is 0 Å². The highest BCUT2D eigenvalue weighted by molar-refractivity contribution is 6.30. The van der Waals surface area contributed by atoms with Crippen LogP contribution in [0.1, 0.15) is 41.1 Å². The largest absolute Gasteiger partial charge is 0.456 e. The van der Waals surface area contributed by atoms with Crippen molar-refractivity contribution in [1.82, 2.24) is 5.32 Å². The van der Waals surface area contributed by atoms with Gasteiger partial charge in [-0.2, -0.15) is 0 Å². The standard InChI is InChI=1S/C16H16ClNO2/c1-11-3-8-14(20-11)15(19)18-16(9-2-10-16)12-4-6-13(17)7-5-12/h3-8H,2,9-10H2,1H3,(H,18,19). The molecule has 1 aromatic heterocycles. The van der Waals surface area contributed by atoms with Crippen molar-refractivity contribution in [3.05, 3.63) is 58.5 Å². The zero-order chi connectivity index (χ0) is 14.2. The monoisotopic (exact) mass is 289 g/mol. The molecular formula is C16H16ClNO2. The molecule has 1 fully saturated rings. The van der Waals surface area contributed by atoms with E-state index in [1.54, 1.807) is 12.1 Å². The summed E-state index contributed by atoms with van der Waals surface area (Å²) in [6.07, 6.45) is 3.00. The van der Waals surface area contributed by atoms with E-state index in [4.69, 9.17) is 16.0 Å². The van der Waals surface area contributed by atoms with Crippen LogP contribution in [-0.4, -0.2) is 5.91 Å². The van der Waals surface area contributed by atoms with Crippen LogP contribution in [0, 0.1) is 6.92 Å². The maximum atomic E-state index is 12.3. The molecule has 1 heterocycles. The topological polar surface area (TPSA) is 42.2 Å². The van der Waals surface area contributed by atoms with Crippen LogP contribution < -0.4 is 5.32 Å². The Balaban J connectivity index is 1.83. The molecule has 0 bridgehead atoms. The second-order valence-electron chi connectivity index (χ2n) is 5.31. The van der Waals surface area contributed by atoms with Crippen molar-refractivity contribution in [3.63, 3.8) is 0 Å². The van der Waals surface area contributed by atoms with E-state index in [2.05, 4.69) is 5.32 Å². The minimum absolute atomic E-state index is 0.159. The van der Waals surface area contributed by atoms with Crippen molar-refractivity contribution >= 4 is 17.5 Å². The third kappa shape index (κ3) is 2.34. The Morgan fingerprint density at radius 1 is 1.20 bits per heavy atom. The highest BCUT2D eigenvalue weighted by atomic mass is 35.5. The van der Waals surface area contributed by atoms with Crippen LogP contribution >= 0.6 is 11.6 Å². The molecule has 0 saturated heterocycles. The van der Waals surface area contributed by atoms with Crippen LogP contribution in [0.15, 0.2) is 40.8 Å². The molecule has 1 amide bonds. The van der Waals surface area contributed by atoms with Gasteiger partial charge in [0.05, 0.1) is 5.54 Å². The molecule has 4 heteroatoms. The van der Waals surface area contributed by atoms with Crippen molar-refractivity contribution in [3.8, 4) is 0 Å². The summed E-state index contributed by atoms with van der Waals surface area (Å²) in [7, 11) is 0. The van der Waals surface area contributed by atoms with Crippen LogP contribution in [0.25, 0.3) is 0 Å². The lowest BCUT2D eigenvalue weighted by atomic mass is 9.71. The summed E-state index contributed by atoms with van der Waals surface area (Å²) in [5.74, 6) is 0.944. The molecule has 0 unspecified atom stereocenters. The first-order valence-corrected chi connectivity index (χ1v) is 7.12. The molecule has 1 saturated carbocycles. The van der Waals surface area contributed by atoms with Crippen LogP contribution in [0.4, 0.5) is 0 Å². The summed E-state index contributed by atoms with van der Waals surface area (Å²) in [4.78, 5) is 12.3. The average molecular weight is 290 g/mol. The molecule has 3 rings (SSSR count). The second-order valence-corrected chi connectivity index (χ2v) is 5.74. The smallest absolute Gasteiger partial charge is 0.287 e. The van der Waals surface area contributed by atoms with Crippen molar-refractivity contribution in [2.75, 3.05) is 0 Å². The van der Waals surface area contributed by atoms with Gasteiger partial charge in [-0.1, -0.05) is 23.7 Å². The Bertz CT molecular complexity index is 626. The van der Waals surface area contributed by atoms with Crippen molar-refractivity contribution in [2.45, 2.75) is 31.7 Å². The van der Waals surface area contributed by atoms with E-state index in [9.17, 15) is 4.79 Å². The fourth-order valence-electron chi connectivity index (χ4n) is 2.62. The van der Waals surface area contributed by atoms with Crippen molar-refractivity contribution in [1.29, 1.82) is 0 Å². The number of halogens is 1. The number of hydrogen-bond donors (Lipinski definition) is 1. The zero-order valence-electron chi connectivity index (χ0n) is 11.3. The van der Waals surface area contributed by atoms with Gasteiger partial charge in [0.25, 0.3) is 5.91 Å². The first kappa shape index (κ1) is 13.3. The normalized spacial score (nSPS) is 16.5. The Labute approximate surface area is 122 Å². The molecule has 3 nitrogen and oxygen atoms in total. The Morgan fingerprint density at radius 2 is 1.90 bits per heavy atom. The van der Waals surface area contributed by atoms with Gasteiger partial charge in [-0.15, -0.1) is 0 Å². The van der Waals surface area contributed by atoms with Gasteiger partial charge in [-0.3, -0.25) is 4.79 Å². The number of carbonyl (C=O) groups excluding carboxylic acids is 1. The molecule has 1 N–H and O–H groups in total. The van der Waals surface area contributed by atoms with E-state index >= 15 is 0 Å². The average Bonchev–Trinajstić information content (AvgIpc) is 2.82. The second kappa shape index (κ2) is 4.98. The van der Waals surface area contributed by atoms with Gasteiger partial charge in [0, 0.05) is 5.02 Å². The predicted octanol–water partition coefficient (Wildman–Crippen LogP) is 4.05. The lowest BCUT2D eigenvalue weighted by Crippen LogP contribution is -2.50. The third-order valence-electron chi connectivity index (χ3n) is 3.92.